The highest BCUT2D eigenvalue weighted by molar-refractivity contribution is 5.87. The Balaban J connectivity index is 2.25. The molecule has 1 aliphatic rings. The van der Waals surface area contributed by atoms with Gasteiger partial charge in [-0.3, -0.25) is 0 Å². The molecule has 0 radical (unpaired) electrons. The van der Waals surface area contributed by atoms with E-state index in [0.717, 1.165) is 13.0 Å². The lowest BCUT2D eigenvalue weighted by molar-refractivity contribution is 0.0690. The minimum Gasteiger partial charge on any atom is -0.477 e. The first-order valence-corrected chi connectivity index (χ1v) is 5.47. The molecule has 1 aromatic heterocycles. The van der Waals surface area contributed by atoms with E-state index in [1.54, 1.807) is 6.07 Å². The topological polar surface area (TPSA) is 99.7 Å². The van der Waals surface area contributed by atoms with Crippen LogP contribution < -0.4 is 10.6 Å². The zero-order chi connectivity index (χ0) is 12.4. The fraction of sp³-hybridized carbons (Fsp3) is 0.455. The van der Waals surface area contributed by atoms with Crippen LogP contribution >= 0.6 is 0 Å². The minimum atomic E-state index is -1.07. The number of pyridine rings is 1. The van der Waals surface area contributed by atoms with E-state index in [2.05, 4.69) is 4.98 Å². The summed E-state index contributed by atoms with van der Waals surface area (Å²) in [5, 5.41) is 17.9. The third-order valence-corrected chi connectivity index (χ3v) is 2.97. The highest BCUT2D eigenvalue weighted by Crippen LogP contribution is 2.27. The molecule has 17 heavy (non-hydrogen) atoms. The van der Waals surface area contributed by atoms with Gasteiger partial charge in [0.15, 0.2) is 11.5 Å². The maximum Gasteiger partial charge on any atom is 0.354 e. The molecule has 6 nitrogen and oxygen atoms in total. The number of carboxylic acid groups (broad SMARTS) is 1. The summed E-state index contributed by atoms with van der Waals surface area (Å²) in [6, 6.07) is 2.94. The van der Waals surface area contributed by atoms with Crippen LogP contribution in [0.4, 0.5) is 11.5 Å². The molecule has 6 heteroatoms. The fourth-order valence-electron chi connectivity index (χ4n) is 2.01. The molecule has 0 amide bonds. The Kier molecular flexibility index (Phi) is 3.14. The van der Waals surface area contributed by atoms with Crippen molar-refractivity contribution in [2.24, 2.45) is 5.92 Å². The van der Waals surface area contributed by atoms with Crippen LogP contribution in [-0.4, -0.2) is 40.9 Å². The van der Waals surface area contributed by atoms with Gasteiger partial charge in [-0.15, -0.1) is 0 Å². The van der Waals surface area contributed by atoms with E-state index >= 15 is 0 Å². The van der Waals surface area contributed by atoms with Crippen LogP contribution in [0.3, 0.4) is 0 Å². The zero-order valence-electron chi connectivity index (χ0n) is 9.33. The number of aromatic carboxylic acids is 1. The molecular formula is C11H15N3O3. The molecule has 1 saturated heterocycles. The number of anilines is 2. The molecule has 1 atom stereocenters. The maximum atomic E-state index is 10.8. The second-order valence-electron chi connectivity index (χ2n) is 4.20. The van der Waals surface area contributed by atoms with Crippen LogP contribution in [0.2, 0.25) is 0 Å². The molecule has 0 spiro atoms. The highest BCUT2D eigenvalue weighted by Gasteiger charge is 2.24. The highest BCUT2D eigenvalue weighted by atomic mass is 16.4. The predicted octanol–water partition coefficient (Wildman–Crippen LogP) is 0.181. The number of rotatable bonds is 3. The lowest BCUT2D eigenvalue weighted by Crippen LogP contribution is -2.23. The van der Waals surface area contributed by atoms with Gasteiger partial charge in [-0.2, -0.15) is 0 Å². The minimum absolute atomic E-state index is 0.0124. The van der Waals surface area contributed by atoms with Gasteiger partial charge in [-0.25, -0.2) is 9.78 Å². The number of aromatic nitrogens is 1. The third kappa shape index (κ3) is 2.31. The van der Waals surface area contributed by atoms with E-state index < -0.39 is 5.97 Å². The standard InChI is InChI=1S/C11H15N3O3/c12-8-1-2-9(11(16)17)13-10(8)14-4-3-7(5-14)6-15/h1-2,7,15H,3-6,12H2,(H,16,17). The van der Waals surface area contributed by atoms with Crippen molar-refractivity contribution in [3.05, 3.63) is 17.8 Å². The first-order valence-electron chi connectivity index (χ1n) is 5.47. The average Bonchev–Trinajstić information content (AvgIpc) is 2.77. The summed E-state index contributed by atoms with van der Waals surface area (Å²) in [6.45, 7) is 1.54. The van der Waals surface area contributed by atoms with E-state index in [9.17, 15) is 4.79 Å². The van der Waals surface area contributed by atoms with Crippen molar-refractivity contribution in [1.82, 2.24) is 4.98 Å². The van der Waals surface area contributed by atoms with Gasteiger partial charge in [-0.1, -0.05) is 0 Å². The van der Waals surface area contributed by atoms with Gasteiger partial charge in [0, 0.05) is 25.6 Å². The third-order valence-electron chi connectivity index (χ3n) is 2.97. The second-order valence-corrected chi connectivity index (χ2v) is 4.20. The van der Waals surface area contributed by atoms with Crippen molar-refractivity contribution in [2.75, 3.05) is 30.3 Å². The molecule has 2 heterocycles. The molecular weight excluding hydrogens is 222 g/mol. The Morgan fingerprint density at radius 3 is 2.94 bits per heavy atom. The molecule has 1 aromatic rings. The van der Waals surface area contributed by atoms with E-state index in [1.165, 1.54) is 6.07 Å². The van der Waals surface area contributed by atoms with Crippen molar-refractivity contribution in [1.29, 1.82) is 0 Å². The van der Waals surface area contributed by atoms with E-state index in [4.69, 9.17) is 15.9 Å². The van der Waals surface area contributed by atoms with Gasteiger partial charge < -0.3 is 20.8 Å². The molecule has 1 fully saturated rings. The Morgan fingerprint density at radius 1 is 1.59 bits per heavy atom. The lowest BCUT2D eigenvalue weighted by Gasteiger charge is -2.19. The van der Waals surface area contributed by atoms with E-state index in [1.807, 2.05) is 4.90 Å². The van der Waals surface area contributed by atoms with Crippen LogP contribution in [0.15, 0.2) is 12.1 Å². The molecule has 92 valence electrons. The predicted molar refractivity (Wildman–Crippen MR) is 63.0 cm³/mol. The van der Waals surface area contributed by atoms with Crippen molar-refractivity contribution < 1.29 is 15.0 Å². The van der Waals surface area contributed by atoms with Crippen LogP contribution in [-0.2, 0) is 0 Å². The largest absolute Gasteiger partial charge is 0.477 e. The summed E-state index contributed by atoms with van der Waals surface area (Å²) in [5.74, 6) is -0.352. The van der Waals surface area contributed by atoms with Crippen LogP contribution in [0.25, 0.3) is 0 Å². The number of aliphatic hydroxyl groups excluding tert-OH is 1. The number of aliphatic hydroxyl groups is 1. The van der Waals surface area contributed by atoms with Crippen LogP contribution in [0.1, 0.15) is 16.9 Å². The summed E-state index contributed by atoms with van der Waals surface area (Å²) in [7, 11) is 0. The van der Waals surface area contributed by atoms with Crippen molar-refractivity contribution in [3.63, 3.8) is 0 Å². The quantitative estimate of drug-likeness (QED) is 0.693. The zero-order valence-corrected chi connectivity index (χ0v) is 9.33. The number of carboxylic acids is 1. The van der Waals surface area contributed by atoms with Gasteiger partial charge in [0.1, 0.15) is 0 Å². The lowest BCUT2D eigenvalue weighted by atomic mass is 10.1. The molecule has 0 saturated carbocycles. The first-order chi connectivity index (χ1) is 8.11. The molecule has 4 N–H and O–H groups in total. The normalized spacial score (nSPS) is 19.6. The smallest absolute Gasteiger partial charge is 0.354 e. The van der Waals surface area contributed by atoms with E-state index in [0.29, 0.717) is 18.1 Å². The molecule has 0 aromatic carbocycles. The molecule has 0 aliphatic carbocycles. The number of nitrogen functional groups attached to an aromatic ring is 1. The summed E-state index contributed by atoms with van der Waals surface area (Å²) in [5.41, 5.74) is 6.25. The Hall–Kier alpha value is -1.82. The maximum absolute atomic E-state index is 10.8. The number of hydrogen-bond donors (Lipinski definition) is 3. The number of nitrogens with two attached hydrogens (primary N) is 1. The number of nitrogens with zero attached hydrogens (tertiary/aromatic N) is 2. The van der Waals surface area contributed by atoms with Crippen molar-refractivity contribution in [3.8, 4) is 0 Å². The van der Waals surface area contributed by atoms with Gasteiger partial charge >= 0.3 is 5.97 Å². The van der Waals surface area contributed by atoms with Crippen LogP contribution in [0.5, 0.6) is 0 Å². The second kappa shape index (κ2) is 4.58. The Bertz CT molecular complexity index is 436. The number of hydrogen-bond acceptors (Lipinski definition) is 5. The Labute approximate surface area is 98.7 Å². The Morgan fingerprint density at radius 2 is 2.35 bits per heavy atom. The number of carbonyl (C=O) groups is 1. The van der Waals surface area contributed by atoms with E-state index in [-0.39, 0.29) is 18.2 Å². The van der Waals surface area contributed by atoms with Gasteiger partial charge in [-0.05, 0) is 18.6 Å². The van der Waals surface area contributed by atoms with Gasteiger partial charge in [0.05, 0.1) is 5.69 Å². The van der Waals surface area contributed by atoms with Crippen molar-refractivity contribution >= 4 is 17.5 Å². The monoisotopic (exact) mass is 237 g/mol. The SMILES string of the molecule is Nc1ccc(C(=O)O)nc1N1CCC(CO)C1. The van der Waals surface area contributed by atoms with Crippen LogP contribution in [0, 0.1) is 5.92 Å². The molecule has 1 aliphatic heterocycles. The molecule has 0 bridgehead atoms. The van der Waals surface area contributed by atoms with Gasteiger partial charge in [0.25, 0.3) is 0 Å². The van der Waals surface area contributed by atoms with Crippen molar-refractivity contribution in [2.45, 2.75) is 6.42 Å². The summed E-state index contributed by atoms with van der Waals surface area (Å²) < 4.78 is 0. The summed E-state index contributed by atoms with van der Waals surface area (Å²) in [6.07, 6.45) is 0.870. The summed E-state index contributed by atoms with van der Waals surface area (Å²) >= 11 is 0. The fourth-order valence-corrected chi connectivity index (χ4v) is 2.01. The molecule has 1 unspecified atom stereocenters. The van der Waals surface area contributed by atoms with Gasteiger partial charge in [0.2, 0.25) is 0 Å². The summed E-state index contributed by atoms with van der Waals surface area (Å²) in [4.78, 5) is 16.8. The average molecular weight is 237 g/mol. The molecule has 2 rings (SSSR count). The first kappa shape index (κ1) is 11.7.